The van der Waals surface area contributed by atoms with Gasteiger partial charge in [0.1, 0.15) is 12.2 Å². The van der Waals surface area contributed by atoms with E-state index in [9.17, 15) is 5.11 Å². The third-order valence-corrected chi connectivity index (χ3v) is 4.28. The average Bonchev–Trinajstić information content (AvgIpc) is 3.10. The summed E-state index contributed by atoms with van der Waals surface area (Å²) in [5.74, 6) is 2.36. The third-order valence-electron chi connectivity index (χ3n) is 4.28. The first-order valence-corrected chi connectivity index (χ1v) is 8.28. The Labute approximate surface area is 141 Å². The second-order valence-corrected chi connectivity index (χ2v) is 6.56. The van der Waals surface area contributed by atoms with Crippen LogP contribution in [0.2, 0.25) is 0 Å². The highest BCUT2D eigenvalue weighted by atomic mass is 16.5. The zero-order chi connectivity index (χ0) is 17.1. The number of rotatable bonds is 6. The maximum Gasteiger partial charge on any atom is 0.225 e. The van der Waals surface area contributed by atoms with Crippen molar-refractivity contribution in [2.75, 3.05) is 11.9 Å². The second kappa shape index (κ2) is 7.12. The molecule has 2 heterocycles. The Hall–Kier alpha value is -2.22. The third kappa shape index (κ3) is 3.81. The lowest BCUT2D eigenvalue weighted by Gasteiger charge is -2.15. The SMILES string of the molecule is CC(C)Oc1ccnc(NC[C@H]2C[C@H](c3nncn3C)C[C@H]2O)n1. The van der Waals surface area contributed by atoms with Gasteiger partial charge in [-0.1, -0.05) is 0 Å². The van der Waals surface area contributed by atoms with E-state index in [1.54, 1.807) is 18.6 Å². The predicted octanol–water partition coefficient (Wildman–Crippen LogP) is 1.36. The van der Waals surface area contributed by atoms with E-state index in [1.165, 1.54) is 0 Å². The van der Waals surface area contributed by atoms with Crippen molar-refractivity contribution in [3.8, 4) is 5.88 Å². The molecule has 1 fully saturated rings. The molecule has 2 aromatic rings. The highest BCUT2D eigenvalue weighted by Crippen LogP contribution is 2.37. The average molecular weight is 332 g/mol. The Balaban J connectivity index is 1.58. The van der Waals surface area contributed by atoms with E-state index in [0.717, 1.165) is 12.2 Å². The molecule has 2 N–H and O–H groups in total. The Bertz CT molecular complexity index is 674. The Morgan fingerprint density at radius 1 is 1.42 bits per heavy atom. The van der Waals surface area contributed by atoms with Crippen molar-refractivity contribution in [3.05, 3.63) is 24.4 Å². The molecule has 0 unspecified atom stereocenters. The summed E-state index contributed by atoms with van der Waals surface area (Å²) in [6.45, 7) is 4.52. The molecule has 0 bridgehead atoms. The van der Waals surface area contributed by atoms with Crippen LogP contribution < -0.4 is 10.1 Å². The Kier molecular flexibility index (Phi) is 4.94. The molecule has 3 atom stereocenters. The van der Waals surface area contributed by atoms with Gasteiger partial charge in [0.05, 0.1) is 12.2 Å². The van der Waals surface area contributed by atoms with Crippen LogP contribution in [0.25, 0.3) is 0 Å². The molecular weight excluding hydrogens is 308 g/mol. The molecule has 0 amide bonds. The van der Waals surface area contributed by atoms with Gasteiger partial charge in [-0.25, -0.2) is 4.98 Å². The summed E-state index contributed by atoms with van der Waals surface area (Å²) in [5.41, 5.74) is 0. The van der Waals surface area contributed by atoms with Gasteiger partial charge in [0.25, 0.3) is 0 Å². The van der Waals surface area contributed by atoms with Crippen LogP contribution in [0, 0.1) is 5.92 Å². The molecule has 8 heteroatoms. The fourth-order valence-corrected chi connectivity index (χ4v) is 3.15. The van der Waals surface area contributed by atoms with E-state index >= 15 is 0 Å². The molecule has 0 saturated heterocycles. The standard InChI is InChI=1S/C16H24N6O2/c1-10(2)24-14-4-5-17-16(20-14)18-8-12-6-11(7-13(12)23)15-21-19-9-22(15)3/h4-5,9-13,23H,6-8H2,1-3H3,(H,17,18,20)/t11-,12+,13+/m0/s1. The van der Waals surface area contributed by atoms with Gasteiger partial charge in [-0.05, 0) is 26.7 Å². The molecule has 0 radical (unpaired) electrons. The lowest BCUT2D eigenvalue weighted by Crippen LogP contribution is -2.22. The summed E-state index contributed by atoms with van der Waals surface area (Å²) in [6, 6.07) is 1.74. The topological polar surface area (TPSA) is 98.0 Å². The molecule has 8 nitrogen and oxygen atoms in total. The van der Waals surface area contributed by atoms with Crippen LogP contribution >= 0.6 is 0 Å². The van der Waals surface area contributed by atoms with Crippen molar-refractivity contribution in [3.63, 3.8) is 0 Å². The molecule has 3 rings (SSSR count). The maximum atomic E-state index is 10.3. The van der Waals surface area contributed by atoms with Gasteiger partial charge in [0.15, 0.2) is 0 Å². The minimum absolute atomic E-state index is 0.0663. The van der Waals surface area contributed by atoms with Crippen LogP contribution in [0.4, 0.5) is 5.95 Å². The summed E-state index contributed by atoms with van der Waals surface area (Å²) in [5, 5.41) is 21.6. The van der Waals surface area contributed by atoms with Crippen LogP contribution in [0.15, 0.2) is 18.6 Å². The summed E-state index contributed by atoms with van der Waals surface area (Å²) in [4.78, 5) is 8.53. The molecule has 0 aromatic carbocycles. The van der Waals surface area contributed by atoms with Crippen LogP contribution in [0.5, 0.6) is 5.88 Å². The van der Waals surface area contributed by atoms with E-state index in [4.69, 9.17) is 4.74 Å². The highest BCUT2D eigenvalue weighted by molar-refractivity contribution is 5.27. The first-order valence-electron chi connectivity index (χ1n) is 8.28. The predicted molar refractivity (Wildman–Crippen MR) is 88.8 cm³/mol. The number of aryl methyl sites for hydroxylation is 1. The first-order chi connectivity index (χ1) is 11.5. The van der Waals surface area contributed by atoms with Crippen LogP contribution in [-0.4, -0.2) is 48.6 Å². The monoisotopic (exact) mass is 332 g/mol. The van der Waals surface area contributed by atoms with E-state index in [1.807, 2.05) is 25.5 Å². The molecule has 130 valence electrons. The molecule has 1 aliphatic rings. The summed E-state index contributed by atoms with van der Waals surface area (Å²) in [7, 11) is 1.93. The van der Waals surface area contributed by atoms with Crippen molar-refractivity contribution < 1.29 is 9.84 Å². The van der Waals surface area contributed by atoms with E-state index in [0.29, 0.717) is 24.8 Å². The highest BCUT2D eigenvalue weighted by Gasteiger charge is 2.35. The minimum Gasteiger partial charge on any atom is -0.475 e. The van der Waals surface area contributed by atoms with Gasteiger partial charge in [-0.2, -0.15) is 4.98 Å². The number of nitrogens with zero attached hydrogens (tertiary/aromatic N) is 5. The van der Waals surface area contributed by atoms with Gasteiger partial charge in [0.2, 0.25) is 11.8 Å². The molecular formula is C16H24N6O2. The number of hydrogen-bond acceptors (Lipinski definition) is 7. The quantitative estimate of drug-likeness (QED) is 0.824. The lowest BCUT2D eigenvalue weighted by atomic mass is 10.0. The maximum absolute atomic E-state index is 10.3. The lowest BCUT2D eigenvalue weighted by molar-refractivity contribution is 0.137. The minimum atomic E-state index is -0.366. The largest absolute Gasteiger partial charge is 0.475 e. The molecule has 1 aliphatic carbocycles. The number of anilines is 1. The molecule has 0 aliphatic heterocycles. The number of aromatic nitrogens is 5. The summed E-state index contributed by atoms with van der Waals surface area (Å²) in [6.07, 6.45) is 4.63. The van der Waals surface area contributed by atoms with Gasteiger partial charge >= 0.3 is 0 Å². The fraction of sp³-hybridized carbons (Fsp3) is 0.625. The summed E-state index contributed by atoms with van der Waals surface area (Å²) < 4.78 is 7.49. The van der Waals surface area contributed by atoms with Crippen LogP contribution in [0.3, 0.4) is 0 Å². The normalized spacial score (nSPS) is 23.6. The van der Waals surface area contributed by atoms with Crippen molar-refractivity contribution >= 4 is 5.95 Å². The van der Waals surface area contributed by atoms with E-state index in [-0.39, 0.29) is 24.0 Å². The number of ether oxygens (including phenoxy) is 1. The number of aliphatic hydroxyl groups is 1. The summed E-state index contributed by atoms with van der Waals surface area (Å²) >= 11 is 0. The van der Waals surface area contributed by atoms with Crippen LogP contribution in [-0.2, 0) is 7.05 Å². The van der Waals surface area contributed by atoms with E-state index < -0.39 is 0 Å². The van der Waals surface area contributed by atoms with Crippen molar-refractivity contribution in [1.82, 2.24) is 24.7 Å². The zero-order valence-electron chi connectivity index (χ0n) is 14.3. The van der Waals surface area contributed by atoms with Gasteiger partial charge in [0, 0.05) is 37.7 Å². The molecule has 0 spiro atoms. The van der Waals surface area contributed by atoms with Gasteiger partial charge < -0.3 is 19.7 Å². The van der Waals surface area contributed by atoms with Gasteiger partial charge in [-0.3, -0.25) is 0 Å². The van der Waals surface area contributed by atoms with Crippen LogP contribution in [0.1, 0.15) is 38.4 Å². The van der Waals surface area contributed by atoms with Crippen molar-refractivity contribution in [1.29, 1.82) is 0 Å². The number of nitrogens with one attached hydrogen (secondary N) is 1. The second-order valence-electron chi connectivity index (χ2n) is 6.56. The van der Waals surface area contributed by atoms with E-state index in [2.05, 4.69) is 25.5 Å². The van der Waals surface area contributed by atoms with Gasteiger partial charge in [-0.15, -0.1) is 10.2 Å². The fourth-order valence-electron chi connectivity index (χ4n) is 3.15. The zero-order valence-corrected chi connectivity index (χ0v) is 14.3. The van der Waals surface area contributed by atoms with Crippen molar-refractivity contribution in [2.45, 2.75) is 44.8 Å². The molecule has 2 aromatic heterocycles. The molecule has 1 saturated carbocycles. The smallest absolute Gasteiger partial charge is 0.225 e. The molecule has 24 heavy (non-hydrogen) atoms. The Morgan fingerprint density at radius 3 is 2.96 bits per heavy atom. The van der Waals surface area contributed by atoms with Crippen molar-refractivity contribution in [2.24, 2.45) is 13.0 Å². The number of aliphatic hydroxyl groups excluding tert-OH is 1. The number of hydrogen-bond donors (Lipinski definition) is 2. The Morgan fingerprint density at radius 2 is 2.25 bits per heavy atom. The first kappa shape index (κ1) is 16.6.